The lowest BCUT2D eigenvalue weighted by atomic mass is 9.95. The second kappa shape index (κ2) is 5.02. The van der Waals surface area contributed by atoms with Gasteiger partial charge in [0, 0.05) is 35.9 Å². The SMILES string of the molecule is C[C@@H]1CNCCN1C(=O)c1csc2c1CCCC2. The first-order valence-corrected chi connectivity index (χ1v) is 7.76. The van der Waals surface area contributed by atoms with E-state index in [2.05, 4.69) is 17.6 Å². The number of piperazine rings is 1. The summed E-state index contributed by atoms with van der Waals surface area (Å²) < 4.78 is 0. The number of thiophene rings is 1. The number of fused-ring (bicyclic) bond motifs is 1. The van der Waals surface area contributed by atoms with E-state index >= 15 is 0 Å². The molecule has 0 saturated carbocycles. The summed E-state index contributed by atoms with van der Waals surface area (Å²) in [5.41, 5.74) is 2.34. The van der Waals surface area contributed by atoms with Gasteiger partial charge in [0.05, 0.1) is 5.56 Å². The van der Waals surface area contributed by atoms with Crippen LogP contribution >= 0.6 is 11.3 Å². The fourth-order valence-corrected chi connectivity index (χ4v) is 4.09. The van der Waals surface area contributed by atoms with Gasteiger partial charge in [-0.25, -0.2) is 0 Å². The molecule has 0 radical (unpaired) electrons. The van der Waals surface area contributed by atoms with Crippen molar-refractivity contribution < 1.29 is 4.79 Å². The van der Waals surface area contributed by atoms with Crippen molar-refractivity contribution in [1.82, 2.24) is 10.2 Å². The molecule has 1 aromatic rings. The highest BCUT2D eigenvalue weighted by atomic mass is 32.1. The molecule has 18 heavy (non-hydrogen) atoms. The summed E-state index contributed by atoms with van der Waals surface area (Å²) in [6, 6.07) is 0.311. The Morgan fingerprint density at radius 3 is 3.11 bits per heavy atom. The van der Waals surface area contributed by atoms with Crippen molar-refractivity contribution in [3.8, 4) is 0 Å². The Morgan fingerprint density at radius 2 is 2.28 bits per heavy atom. The number of nitrogens with one attached hydrogen (secondary N) is 1. The molecule has 1 saturated heterocycles. The molecule has 1 aliphatic heterocycles. The van der Waals surface area contributed by atoms with Gasteiger partial charge in [-0.3, -0.25) is 4.79 Å². The van der Waals surface area contributed by atoms with Crippen LogP contribution in [0.4, 0.5) is 0 Å². The highest BCUT2D eigenvalue weighted by molar-refractivity contribution is 7.10. The normalized spacial score (nSPS) is 23.8. The van der Waals surface area contributed by atoms with Crippen molar-refractivity contribution in [3.63, 3.8) is 0 Å². The average molecular weight is 264 g/mol. The molecule has 0 bridgehead atoms. The summed E-state index contributed by atoms with van der Waals surface area (Å²) in [7, 11) is 0. The van der Waals surface area contributed by atoms with E-state index in [0.717, 1.165) is 31.6 Å². The standard InChI is InChI=1S/C14H20N2OS/c1-10-8-15-6-7-16(10)14(17)12-9-18-13-5-3-2-4-11(12)13/h9-10,15H,2-8H2,1H3/t10-/m1/s1. The molecule has 1 amide bonds. The Labute approximate surface area is 112 Å². The minimum atomic E-state index is 0.253. The van der Waals surface area contributed by atoms with E-state index in [1.54, 1.807) is 11.3 Å². The summed E-state index contributed by atoms with van der Waals surface area (Å²) in [5.74, 6) is 0.253. The quantitative estimate of drug-likeness (QED) is 0.842. The van der Waals surface area contributed by atoms with Crippen molar-refractivity contribution >= 4 is 17.2 Å². The second-order valence-electron chi connectivity index (χ2n) is 5.31. The number of carbonyl (C=O) groups excluding carboxylic acids is 1. The van der Waals surface area contributed by atoms with Crippen molar-refractivity contribution in [3.05, 3.63) is 21.4 Å². The molecular formula is C14H20N2OS. The molecule has 3 nitrogen and oxygen atoms in total. The Hall–Kier alpha value is -0.870. The molecule has 1 aromatic heterocycles. The number of nitrogens with zero attached hydrogens (tertiary/aromatic N) is 1. The maximum absolute atomic E-state index is 12.6. The molecular weight excluding hydrogens is 244 g/mol. The first-order valence-electron chi connectivity index (χ1n) is 6.88. The van der Waals surface area contributed by atoms with E-state index in [9.17, 15) is 4.79 Å². The zero-order valence-electron chi connectivity index (χ0n) is 10.9. The van der Waals surface area contributed by atoms with Crippen molar-refractivity contribution in [2.24, 2.45) is 0 Å². The Morgan fingerprint density at radius 1 is 1.44 bits per heavy atom. The van der Waals surface area contributed by atoms with E-state index in [4.69, 9.17) is 0 Å². The number of hydrogen-bond acceptors (Lipinski definition) is 3. The van der Waals surface area contributed by atoms with Gasteiger partial charge >= 0.3 is 0 Å². The molecule has 3 rings (SSSR count). The lowest BCUT2D eigenvalue weighted by Crippen LogP contribution is -2.52. The molecule has 2 heterocycles. The van der Waals surface area contributed by atoms with Crippen LogP contribution in [0.25, 0.3) is 0 Å². The maximum Gasteiger partial charge on any atom is 0.255 e. The molecule has 0 spiro atoms. The van der Waals surface area contributed by atoms with Gasteiger partial charge < -0.3 is 10.2 Å². The predicted molar refractivity (Wildman–Crippen MR) is 74.3 cm³/mol. The van der Waals surface area contributed by atoms with Crippen LogP contribution in [-0.2, 0) is 12.8 Å². The number of amides is 1. The van der Waals surface area contributed by atoms with E-state index in [1.807, 2.05) is 4.90 Å². The summed E-state index contributed by atoms with van der Waals surface area (Å²) in [5, 5.41) is 5.43. The summed E-state index contributed by atoms with van der Waals surface area (Å²) in [6.45, 7) is 4.80. The third-order valence-electron chi connectivity index (χ3n) is 4.05. The van der Waals surface area contributed by atoms with Gasteiger partial charge in [-0.05, 0) is 38.2 Å². The van der Waals surface area contributed by atoms with E-state index in [1.165, 1.54) is 29.7 Å². The second-order valence-corrected chi connectivity index (χ2v) is 6.27. The highest BCUT2D eigenvalue weighted by Gasteiger charge is 2.28. The Balaban J connectivity index is 1.85. The van der Waals surface area contributed by atoms with Crippen LogP contribution in [0, 0.1) is 0 Å². The van der Waals surface area contributed by atoms with E-state index in [-0.39, 0.29) is 5.91 Å². The predicted octanol–water partition coefficient (Wildman–Crippen LogP) is 2.06. The van der Waals surface area contributed by atoms with Crippen LogP contribution in [0.3, 0.4) is 0 Å². The molecule has 1 N–H and O–H groups in total. The monoisotopic (exact) mass is 264 g/mol. The number of hydrogen-bond donors (Lipinski definition) is 1. The lowest BCUT2D eigenvalue weighted by Gasteiger charge is -2.34. The van der Waals surface area contributed by atoms with Crippen LogP contribution in [-0.4, -0.2) is 36.5 Å². The van der Waals surface area contributed by atoms with Gasteiger partial charge in [-0.1, -0.05) is 0 Å². The van der Waals surface area contributed by atoms with Crippen LogP contribution in [0.2, 0.25) is 0 Å². The maximum atomic E-state index is 12.6. The van der Waals surface area contributed by atoms with Gasteiger partial charge in [0.2, 0.25) is 0 Å². The lowest BCUT2D eigenvalue weighted by molar-refractivity contribution is 0.0655. The van der Waals surface area contributed by atoms with Gasteiger partial charge in [0.25, 0.3) is 5.91 Å². The minimum absolute atomic E-state index is 0.253. The summed E-state index contributed by atoms with van der Waals surface area (Å²) in [6.07, 6.45) is 4.79. The molecule has 1 aliphatic carbocycles. The molecule has 1 atom stereocenters. The van der Waals surface area contributed by atoms with Crippen molar-refractivity contribution in [2.75, 3.05) is 19.6 Å². The van der Waals surface area contributed by atoms with Gasteiger partial charge in [-0.2, -0.15) is 0 Å². The molecule has 4 heteroatoms. The molecule has 0 aromatic carbocycles. The Bertz CT molecular complexity index is 455. The number of carbonyl (C=O) groups is 1. The zero-order valence-corrected chi connectivity index (χ0v) is 11.7. The first-order chi connectivity index (χ1) is 8.77. The molecule has 2 aliphatic rings. The van der Waals surface area contributed by atoms with Gasteiger partial charge in [0.1, 0.15) is 0 Å². The fourth-order valence-electron chi connectivity index (χ4n) is 2.97. The largest absolute Gasteiger partial charge is 0.333 e. The number of aryl methyl sites for hydroxylation is 1. The van der Waals surface area contributed by atoms with Crippen molar-refractivity contribution in [2.45, 2.75) is 38.6 Å². The van der Waals surface area contributed by atoms with Crippen LogP contribution in [0.15, 0.2) is 5.38 Å². The average Bonchev–Trinajstić information content (AvgIpc) is 2.82. The van der Waals surface area contributed by atoms with Crippen LogP contribution < -0.4 is 5.32 Å². The summed E-state index contributed by atoms with van der Waals surface area (Å²) >= 11 is 1.78. The van der Waals surface area contributed by atoms with Crippen LogP contribution in [0.5, 0.6) is 0 Å². The third kappa shape index (κ3) is 2.08. The van der Waals surface area contributed by atoms with Gasteiger partial charge in [-0.15, -0.1) is 11.3 Å². The Kier molecular flexibility index (Phi) is 3.39. The number of rotatable bonds is 1. The fraction of sp³-hybridized carbons (Fsp3) is 0.643. The molecule has 0 unspecified atom stereocenters. The molecule has 1 fully saturated rings. The third-order valence-corrected chi connectivity index (χ3v) is 5.14. The van der Waals surface area contributed by atoms with E-state index < -0.39 is 0 Å². The first kappa shape index (κ1) is 12.2. The topological polar surface area (TPSA) is 32.3 Å². The highest BCUT2D eigenvalue weighted by Crippen LogP contribution is 2.31. The smallest absolute Gasteiger partial charge is 0.255 e. The minimum Gasteiger partial charge on any atom is -0.333 e. The zero-order chi connectivity index (χ0) is 12.5. The summed E-state index contributed by atoms with van der Waals surface area (Å²) in [4.78, 5) is 16.1. The van der Waals surface area contributed by atoms with Gasteiger partial charge in [0.15, 0.2) is 0 Å². The van der Waals surface area contributed by atoms with Crippen LogP contribution in [0.1, 0.15) is 40.6 Å². The van der Waals surface area contributed by atoms with Crippen molar-refractivity contribution in [1.29, 1.82) is 0 Å². The van der Waals surface area contributed by atoms with E-state index in [0.29, 0.717) is 6.04 Å². The molecule has 98 valence electrons.